The second-order valence-electron chi connectivity index (χ2n) is 8.57. The Morgan fingerprint density at radius 1 is 1.00 bits per heavy atom. The molecule has 0 aromatic heterocycles. The number of piperazine rings is 1. The normalized spacial score (nSPS) is 19.9. The van der Waals surface area contributed by atoms with E-state index in [0.29, 0.717) is 49.9 Å². The number of hydrogen-bond acceptors (Lipinski definition) is 8. The average molecular weight is 491 g/mol. The molecule has 2 saturated heterocycles. The van der Waals surface area contributed by atoms with Gasteiger partial charge < -0.3 is 19.3 Å². The van der Waals surface area contributed by atoms with Gasteiger partial charge in [0.1, 0.15) is 17.2 Å². The van der Waals surface area contributed by atoms with E-state index >= 15 is 0 Å². The van der Waals surface area contributed by atoms with E-state index in [0.717, 1.165) is 18.4 Å². The number of nitro groups is 1. The van der Waals surface area contributed by atoms with Crippen LogP contribution in [0.3, 0.4) is 0 Å². The summed E-state index contributed by atoms with van der Waals surface area (Å²) in [6.45, 7) is 2.59. The topological polar surface area (TPSA) is 105 Å². The summed E-state index contributed by atoms with van der Waals surface area (Å²) in [7, 11) is 1.28. The molecule has 34 heavy (non-hydrogen) atoms. The fraction of sp³-hybridized carbons (Fsp3) is 0.478. The zero-order chi connectivity index (χ0) is 24.5. The number of sulfonamides is 1. The number of methoxy groups -OCH3 is 2. The number of nitro benzene ring substituents is 1. The van der Waals surface area contributed by atoms with Crippen molar-refractivity contribution in [3.8, 4) is 11.5 Å². The van der Waals surface area contributed by atoms with Crippen LogP contribution < -0.4 is 14.4 Å². The predicted octanol–water partition coefficient (Wildman–Crippen LogP) is 2.89. The van der Waals surface area contributed by atoms with Crippen LogP contribution in [0.1, 0.15) is 24.4 Å². The van der Waals surface area contributed by atoms with Crippen LogP contribution in [0.15, 0.2) is 41.3 Å². The minimum Gasteiger partial charge on any atom is -0.497 e. The molecule has 0 N–H and O–H groups in total. The molecule has 2 aromatic rings. The molecule has 2 aromatic carbocycles. The van der Waals surface area contributed by atoms with Gasteiger partial charge in [-0.25, -0.2) is 8.42 Å². The van der Waals surface area contributed by atoms with E-state index in [1.165, 1.54) is 16.4 Å². The molecule has 2 fully saturated rings. The van der Waals surface area contributed by atoms with Crippen molar-refractivity contribution in [2.45, 2.75) is 23.8 Å². The SMILES string of the molecule is COc1ccc(C2CCCN2c2ccc(S(=O)(=O)N3CCN(C)CC3)cc2[N+](=O)[O-])c(OC)c1. The lowest BCUT2D eigenvalue weighted by atomic mass is 10.0. The fourth-order valence-corrected chi connectivity index (χ4v) is 6.15. The maximum Gasteiger partial charge on any atom is 0.293 e. The number of likely N-dealkylation sites (N-methyl/N-ethyl adjacent to an activating group) is 1. The molecule has 0 bridgehead atoms. The summed E-state index contributed by atoms with van der Waals surface area (Å²) in [4.78, 5) is 15.5. The van der Waals surface area contributed by atoms with Gasteiger partial charge in [0.05, 0.1) is 30.1 Å². The van der Waals surface area contributed by atoms with E-state index in [9.17, 15) is 18.5 Å². The van der Waals surface area contributed by atoms with Gasteiger partial charge in [-0.05, 0) is 44.2 Å². The van der Waals surface area contributed by atoms with Crippen LogP contribution in [0, 0.1) is 10.1 Å². The van der Waals surface area contributed by atoms with Crippen molar-refractivity contribution in [3.05, 3.63) is 52.1 Å². The molecule has 2 aliphatic rings. The highest BCUT2D eigenvalue weighted by molar-refractivity contribution is 7.89. The minimum absolute atomic E-state index is 0.0507. The molecule has 0 aliphatic carbocycles. The van der Waals surface area contributed by atoms with E-state index in [1.807, 2.05) is 24.1 Å². The van der Waals surface area contributed by atoms with Crippen molar-refractivity contribution in [3.63, 3.8) is 0 Å². The molecule has 184 valence electrons. The first-order valence-corrected chi connectivity index (χ1v) is 12.7. The van der Waals surface area contributed by atoms with Gasteiger partial charge in [-0.3, -0.25) is 10.1 Å². The van der Waals surface area contributed by atoms with E-state index in [-0.39, 0.29) is 16.6 Å². The number of nitrogens with zero attached hydrogens (tertiary/aromatic N) is 4. The molecule has 2 heterocycles. The van der Waals surface area contributed by atoms with Crippen LogP contribution in [0.4, 0.5) is 11.4 Å². The highest BCUT2D eigenvalue weighted by Gasteiger charge is 2.35. The zero-order valence-electron chi connectivity index (χ0n) is 19.6. The van der Waals surface area contributed by atoms with Crippen molar-refractivity contribution >= 4 is 21.4 Å². The summed E-state index contributed by atoms with van der Waals surface area (Å²) in [5.74, 6) is 1.31. The van der Waals surface area contributed by atoms with Crippen LogP contribution in [-0.2, 0) is 10.0 Å². The van der Waals surface area contributed by atoms with Gasteiger partial charge in [-0.1, -0.05) is 0 Å². The average Bonchev–Trinajstić information content (AvgIpc) is 3.33. The number of anilines is 1. The van der Waals surface area contributed by atoms with Crippen LogP contribution in [0.2, 0.25) is 0 Å². The molecule has 4 rings (SSSR count). The molecular formula is C23H30N4O6S. The molecule has 10 nitrogen and oxygen atoms in total. The minimum atomic E-state index is -3.82. The summed E-state index contributed by atoms with van der Waals surface area (Å²) < 4.78 is 38.6. The maximum atomic E-state index is 13.2. The van der Waals surface area contributed by atoms with E-state index < -0.39 is 14.9 Å². The fourth-order valence-electron chi connectivity index (χ4n) is 4.70. The molecule has 11 heteroatoms. The Kier molecular flexibility index (Phi) is 6.96. The van der Waals surface area contributed by atoms with Gasteiger partial charge in [-0.2, -0.15) is 4.31 Å². The summed E-state index contributed by atoms with van der Waals surface area (Å²) in [5, 5.41) is 12.0. The Morgan fingerprint density at radius 3 is 2.38 bits per heavy atom. The Morgan fingerprint density at radius 2 is 1.74 bits per heavy atom. The lowest BCUT2D eigenvalue weighted by molar-refractivity contribution is -0.384. The lowest BCUT2D eigenvalue weighted by Gasteiger charge is -2.32. The first-order valence-electron chi connectivity index (χ1n) is 11.2. The van der Waals surface area contributed by atoms with Crippen molar-refractivity contribution in [2.24, 2.45) is 0 Å². The summed E-state index contributed by atoms with van der Waals surface area (Å²) in [6, 6.07) is 9.66. The van der Waals surface area contributed by atoms with Crippen LogP contribution in [0.25, 0.3) is 0 Å². The molecule has 0 amide bonds. The third kappa shape index (κ3) is 4.55. The first kappa shape index (κ1) is 24.2. The first-order chi connectivity index (χ1) is 16.3. The number of rotatable bonds is 7. The molecular weight excluding hydrogens is 460 g/mol. The predicted molar refractivity (Wildman–Crippen MR) is 128 cm³/mol. The largest absolute Gasteiger partial charge is 0.497 e. The van der Waals surface area contributed by atoms with Crippen LogP contribution in [0.5, 0.6) is 11.5 Å². The van der Waals surface area contributed by atoms with Gasteiger partial charge in [0, 0.05) is 50.4 Å². The van der Waals surface area contributed by atoms with E-state index in [1.54, 1.807) is 26.4 Å². The number of ether oxygens (including phenoxy) is 2. The Labute approximate surface area is 199 Å². The maximum absolute atomic E-state index is 13.2. The molecule has 2 aliphatic heterocycles. The second kappa shape index (κ2) is 9.77. The standard InChI is InChI=1S/C23H30N4O6S/c1-24-11-13-25(14-12-24)34(30,31)18-7-9-21(22(16-18)27(28)29)26-10-4-5-20(26)19-8-6-17(32-2)15-23(19)33-3/h6-9,15-16,20H,4-5,10-14H2,1-3H3. The molecule has 0 spiro atoms. The van der Waals surface area contributed by atoms with Crippen LogP contribution in [-0.4, -0.2) is 76.5 Å². The summed E-state index contributed by atoms with van der Waals surface area (Å²) >= 11 is 0. The molecule has 0 saturated carbocycles. The highest BCUT2D eigenvalue weighted by atomic mass is 32.2. The number of benzene rings is 2. The zero-order valence-corrected chi connectivity index (χ0v) is 20.5. The van der Waals surface area contributed by atoms with Gasteiger partial charge in [0.2, 0.25) is 10.0 Å². The van der Waals surface area contributed by atoms with Crippen molar-refractivity contribution < 1.29 is 22.8 Å². The van der Waals surface area contributed by atoms with E-state index in [4.69, 9.17) is 9.47 Å². The third-order valence-electron chi connectivity index (χ3n) is 6.61. The quantitative estimate of drug-likeness (QED) is 0.431. The Bertz CT molecular complexity index is 1160. The van der Waals surface area contributed by atoms with Crippen LogP contribution >= 0.6 is 0 Å². The lowest BCUT2D eigenvalue weighted by Crippen LogP contribution is -2.47. The smallest absolute Gasteiger partial charge is 0.293 e. The monoisotopic (exact) mass is 490 g/mol. The van der Waals surface area contributed by atoms with Crippen molar-refractivity contribution in [1.29, 1.82) is 0 Å². The summed E-state index contributed by atoms with van der Waals surface area (Å²) in [5.41, 5.74) is 1.10. The number of hydrogen-bond donors (Lipinski definition) is 0. The van der Waals surface area contributed by atoms with Gasteiger partial charge >= 0.3 is 0 Å². The highest BCUT2D eigenvalue weighted by Crippen LogP contribution is 2.44. The second-order valence-corrected chi connectivity index (χ2v) is 10.5. The van der Waals surface area contributed by atoms with Crippen molar-refractivity contribution in [1.82, 2.24) is 9.21 Å². The Hall–Kier alpha value is -2.89. The third-order valence-corrected chi connectivity index (χ3v) is 8.50. The van der Waals surface area contributed by atoms with Gasteiger partial charge in [0.25, 0.3) is 5.69 Å². The molecule has 1 unspecified atom stereocenters. The molecule has 0 radical (unpaired) electrons. The van der Waals surface area contributed by atoms with Gasteiger partial charge in [0.15, 0.2) is 0 Å². The van der Waals surface area contributed by atoms with Gasteiger partial charge in [-0.15, -0.1) is 0 Å². The summed E-state index contributed by atoms with van der Waals surface area (Å²) in [6.07, 6.45) is 1.64. The Balaban J connectivity index is 1.70. The molecule has 1 atom stereocenters. The van der Waals surface area contributed by atoms with Crippen molar-refractivity contribution in [2.75, 3.05) is 58.9 Å². The van der Waals surface area contributed by atoms with E-state index in [2.05, 4.69) is 4.90 Å².